The number of ether oxygens (including phenoxy) is 2. The molecule has 2 aromatic carbocycles. The summed E-state index contributed by atoms with van der Waals surface area (Å²) in [7, 11) is 1.64. The summed E-state index contributed by atoms with van der Waals surface area (Å²) in [6.07, 6.45) is 0. The Morgan fingerprint density at radius 1 is 1.10 bits per heavy atom. The molecule has 0 radical (unpaired) electrons. The van der Waals surface area contributed by atoms with Crippen molar-refractivity contribution >= 4 is 23.2 Å². The van der Waals surface area contributed by atoms with E-state index in [0.717, 1.165) is 35.1 Å². The molecule has 0 atom stereocenters. The summed E-state index contributed by atoms with van der Waals surface area (Å²) in [5, 5.41) is 0.736. The van der Waals surface area contributed by atoms with Crippen LogP contribution in [0.5, 0.6) is 5.75 Å². The third-order valence-electron chi connectivity index (χ3n) is 5.31. The second-order valence-electron chi connectivity index (χ2n) is 8.15. The molecule has 3 rings (SSSR count). The number of amides is 1. The average molecular weight is 431 g/mol. The van der Waals surface area contributed by atoms with Gasteiger partial charge in [-0.15, -0.1) is 0 Å². The lowest BCUT2D eigenvalue weighted by Gasteiger charge is -2.37. The number of rotatable bonds is 7. The number of benzene rings is 2. The van der Waals surface area contributed by atoms with E-state index in [4.69, 9.17) is 21.1 Å². The van der Waals surface area contributed by atoms with Crippen molar-refractivity contribution in [1.29, 1.82) is 0 Å². The molecule has 0 spiro atoms. The lowest BCUT2D eigenvalue weighted by Crippen LogP contribution is -2.49. The van der Waals surface area contributed by atoms with Gasteiger partial charge < -0.3 is 19.3 Å². The fraction of sp³-hybridized carbons (Fsp3) is 0.458. The maximum atomic E-state index is 13.1. The van der Waals surface area contributed by atoms with Crippen molar-refractivity contribution < 1.29 is 14.3 Å². The van der Waals surface area contributed by atoms with Gasteiger partial charge in [0.2, 0.25) is 0 Å². The van der Waals surface area contributed by atoms with Crippen molar-refractivity contribution in [3.05, 3.63) is 58.1 Å². The molecule has 162 valence electrons. The highest BCUT2D eigenvalue weighted by molar-refractivity contribution is 6.30. The van der Waals surface area contributed by atoms with E-state index < -0.39 is 0 Å². The van der Waals surface area contributed by atoms with Gasteiger partial charge in [0.15, 0.2) is 0 Å². The third kappa shape index (κ3) is 5.46. The molecule has 1 fully saturated rings. The minimum atomic E-state index is 0.0465. The fourth-order valence-corrected chi connectivity index (χ4v) is 3.85. The van der Waals surface area contributed by atoms with Crippen LogP contribution in [0.2, 0.25) is 5.02 Å². The van der Waals surface area contributed by atoms with Crippen LogP contribution in [0.3, 0.4) is 0 Å². The highest BCUT2D eigenvalue weighted by atomic mass is 35.5. The monoisotopic (exact) mass is 430 g/mol. The summed E-state index contributed by atoms with van der Waals surface area (Å²) in [5.74, 6) is 1.25. The standard InChI is InChI=1S/C24H31ClN2O3/c1-17(2)15-30-16-20-13-19(6-8-23(20)29-4)24(28)27-11-9-26(10-12-27)22-14-21(25)7-5-18(22)3/h5-8,13-14,17H,9-12,15-16H2,1-4H3. The van der Waals surface area contributed by atoms with Gasteiger partial charge in [0.25, 0.3) is 5.91 Å². The Morgan fingerprint density at radius 2 is 1.83 bits per heavy atom. The van der Waals surface area contributed by atoms with Crippen molar-refractivity contribution in [1.82, 2.24) is 4.90 Å². The van der Waals surface area contributed by atoms with Gasteiger partial charge in [-0.2, -0.15) is 0 Å². The summed E-state index contributed by atoms with van der Waals surface area (Å²) < 4.78 is 11.2. The molecule has 1 saturated heterocycles. The van der Waals surface area contributed by atoms with Crippen LogP contribution in [0.1, 0.15) is 35.3 Å². The van der Waals surface area contributed by atoms with Crippen LogP contribution in [-0.4, -0.2) is 50.7 Å². The maximum Gasteiger partial charge on any atom is 0.253 e. The zero-order chi connectivity index (χ0) is 21.7. The second-order valence-corrected chi connectivity index (χ2v) is 8.58. The fourth-order valence-electron chi connectivity index (χ4n) is 3.69. The van der Waals surface area contributed by atoms with Gasteiger partial charge >= 0.3 is 0 Å². The third-order valence-corrected chi connectivity index (χ3v) is 5.55. The molecule has 6 heteroatoms. The second kappa shape index (κ2) is 10.2. The Balaban J connectivity index is 1.66. The van der Waals surface area contributed by atoms with Gasteiger partial charge in [0.05, 0.1) is 13.7 Å². The van der Waals surface area contributed by atoms with Gasteiger partial charge in [0, 0.05) is 54.6 Å². The molecule has 1 amide bonds. The molecule has 1 aliphatic heterocycles. The zero-order valence-electron chi connectivity index (χ0n) is 18.3. The van der Waals surface area contributed by atoms with Crippen LogP contribution >= 0.6 is 11.6 Å². The predicted molar refractivity (Wildman–Crippen MR) is 122 cm³/mol. The van der Waals surface area contributed by atoms with E-state index >= 15 is 0 Å². The quantitative estimate of drug-likeness (QED) is 0.633. The van der Waals surface area contributed by atoms with Gasteiger partial charge in [-0.05, 0) is 48.7 Å². The summed E-state index contributed by atoms with van der Waals surface area (Å²) in [4.78, 5) is 17.3. The number of piperazine rings is 1. The van der Waals surface area contributed by atoms with Crippen LogP contribution in [0, 0.1) is 12.8 Å². The molecule has 0 aliphatic carbocycles. The molecule has 0 N–H and O–H groups in total. The first-order valence-electron chi connectivity index (χ1n) is 10.4. The molecule has 0 aromatic heterocycles. The number of nitrogens with zero attached hydrogens (tertiary/aromatic N) is 2. The molecule has 0 unspecified atom stereocenters. The van der Waals surface area contributed by atoms with E-state index in [0.29, 0.717) is 37.8 Å². The Bertz CT molecular complexity index is 877. The number of hydrogen-bond donors (Lipinski definition) is 0. The SMILES string of the molecule is COc1ccc(C(=O)N2CCN(c3cc(Cl)ccc3C)CC2)cc1COCC(C)C. The van der Waals surface area contributed by atoms with Gasteiger partial charge in [-0.3, -0.25) is 4.79 Å². The molecule has 1 aliphatic rings. The predicted octanol–water partition coefficient (Wildman–Crippen LogP) is 4.79. The molecule has 1 heterocycles. The average Bonchev–Trinajstić information content (AvgIpc) is 2.74. The van der Waals surface area contributed by atoms with Crippen molar-refractivity contribution in [2.45, 2.75) is 27.4 Å². The smallest absolute Gasteiger partial charge is 0.253 e. The first-order valence-corrected chi connectivity index (χ1v) is 10.8. The van der Waals surface area contributed by atoms with E-state index in [1.807, 2.05) is 41.3 Å². The first kappa shape index (κ1) is 22.4. The number of methoxy groups -OCH3 is 1. The van der Waals surface area contributed by atoms with E-state index in [1.54, 1.807) is 7.11 Å². The summed E-state index contributed by atoms with van der Waals surface area (Å²) >= 11 is 6.18. The van der Waals surface area contributed by atoms with Crippen LogP contribution in [-0.2, 0) is 11.3 Å². The van der Waals surface area contributed by atoms with E-state index in [9.17, 15) is 4.79 Å². The van der Waals surface area contributed by atoms with E-state index in [1.165, 1.54) is 5.56 Å². The highest BCUT2D eigenvalue weighted by Gasteiger charge is 2.24. The number of anilines is 1. The number of carbonyl (C=O) groups is 1. The number of aryl methyl sites for hydroxylation is 1. The molecular weight excluding hydrogens is 400 g/mol. The summed E-state index contributed by atoms with van der Waals surface area (Å²) in [5.41, 5.74) is 3.91. The van der Waals surface area contributed by atoms with Crippen molar-refractivity contribution in [3.8, 4) is 5.75 Å². The molecular formula is C24H31ClN2O3. The van der Waals surface area contributed by atoms with Crippen molar-refractivity contribution in [3.63, 3.8) is 0 Å². The van der Waals surface area contributed by atoms with E-state index in [2.05, 4.69) is 25.7 Å². The van der Waals surface area contributed by atoms with E-state index in [-0.39, 0.29) is 5.91 Å². The minimum Gasteiger partial charge on any atom is -0.496 e. The topological polar surface area (TPSA) is 42.0 Å². The first-order chi connectivity index (χ1) is 14.4. The Morgan fingerprint density at radius 3 is 2.50 bits per heavy atom. The molecule has 2 aromatic rings. The number of halogens is 1. The van der Waals surface area contributed by atoms with Crippen LogP contribution in [0.4, 0.5) is 5.69 Å². The van der Waals surface area contributed by atoms with Gasteiger partial charge in [-0.1, -0.05) is 31.5 Å². The highest BCUT2D eigenvalue weighted by Crippen LogP contribution is 2.26. The molecule has 30 heavy (non-hydrogen) atoms. The minimum absolute atomic E-state index is 0.0465. The largest absolute Gasteiger partial charge is 0.496 e. The maximum absolute atomic E-state index is 13.1. The lowest BCUT2D eigenvalue weighted by molar-refractivity contribution is 0.0745. The Kier molecular flexibility index (Phi) is 7.62. The zero-order valence-corrected chi connectivity index (χ0v) is 19.0. The Hall–Kier alpha value is -2.24. The van der Waals surface area contributed by atoms with Crippen molar-refractivity contribution in [2.24, 2.45) is 5.92 Å². The Labute approximate surface area is 184 Å². The molecule has 0 bridgehead atoms. The lowest BCUT2D eigenvalue weighted by atomic mass is 10.1. The normalized spacial score (nSPS) is 14.3. The van der Waals surface area contributed by atoms with Gasteiger partial charge in [-0.25, -0.2) is 0 Å². The number of carbonyl (C=O) groups excluding carboxylic acids is 1. The molecule has 5 nitrogen and oxygen atoms in total. The number of hydrogen-bond acceptors (Lipinski definition) is 4. The van der Waals surface area contributed by atoms with Crippen molar-refractivity contribution in [2.75, 3.05) is 44.8 Å². The summed E-state index contributed by atoms with van der Waals surface area (Å²) in [6.45, 7) is 10.3. The van der Waals surface area contributed by atoms with Crippen LogP contribution in [0.15, 0.2) is 36.4 Å². The summed E-state index contributed by atoms with van der Waals surface area (Å²) in [6, 6.07) is 11.5. The van der Waals surface area contributed by atoms with Crippen LogP contribution in [0.25, 0.3) is 0 Å². The van der Waals surface area contributed by atoms with Crippen LogP contribution < -0.4 is 9.64 Å². The molecule has 0 saturated carbocycles. The van der Waals surface area contributed by atoms with Gasteiger partial charge in [0.1, 0.15) is 5.75 Å².